The number of benzene rings is 1. The molecule has 3 N–H and O–H groups in total. The third kappa shape index (κ3) is 7.81. The fraction of sp³-hybridized carbons (Fsp3) is 0.368. The SMILES string of the molecule is CCNC(=NCC(=O)NCc1ccco1)NCC(C)Oc1ccc(F)cc1. The Bertz CT molecular complexity index is 717. The van der Waals surface area contributed by atoms with Crippen molar-refractivity contribution < 1.29 is 18.3 Å². The van der Waals surface area contributed by atoms with E-state index < -0.39 is 0 Å². The van der Waals surface area contributed by atoms with Gasteiger partial charge in [-0.1, -0.05) is 0 Å². The van der Waals surface area contributed by atoms with Crippen molar-refractivity contribution in [3.8, 4) is 5.75 Å². The van der Waals surface area contributed by atoms with Crippen LogP contribution < -0.4 is 20.7 Å². The second kappa shape index (κ2) is 10.8. The maximum Gasteiger partial charge on any atom is 0.242 e. The Morgan fingerprint density at radius 2 is 2.00 bits per heavy atom. The smallest absolute Gasteiger partial charge is 0.242 e. The minimum Gasteiger partial charge on any atom is -0.489 e. The van der Waals surface area contributed by atoms with Crippen LogP contribution in [0.3, 0.4) is 0 Å². The van der Waals surface area contributed by atoms with Gasteiger partial charge in [-0.2, -0.15) is 0 Å². The van der Waals surface area contributed by atoms with Crippen molar-refractivity contribution in [1.29, 1.82) is 0 Å². The Labute approximate surface area is 158 Å². The van der Waals surface area contributed by atoms with Gasteiger partial charge in [0.2, 0.25) is 5.91 Å². The highest BCUT2D eigenvalue weighted by atomic mass is 19.1. The van der Waals surface area contributed by atoms with E-state index in [2.05, 4.69) is 20.9 Å². The molecule has 0 saturated heterocycles. The molecule has 2 rings (SSSR count). The van der Waals surface area contributed by atoms with Gasteiger partial charge in [-0.05, 0) is 50.2 Å². The first kappa shape index (κ1) is 20.3. The van der Waals surface area contributed by atoms with E-state index in [9.17, 15) is 9.18 Å². The molecule has 2 aromatic rings. The molecule has 1 heterocycles. The van der Waals surface area contributed by atoms with Gasteiger partial charge in [0.25, 0.3) is 0 Å². The molecule has 1 aromatic carbocycles. The van der Waals surface area contributed by atoms with Crippen molar-refractivity contribution in [2.75, 3.05) is 19.6 Å². The number of nitrogens with zero attached hydrogens (tertiary/aromatic N) is 1. The summed E-state index contributed by atoms with van der Waals surface area (Å²) in [7, 11) is 0. The zero-order valence-electron chi connectivity index (χ0n) is 15.5. The number of carbonyl (C=O) groups excluding carboxylic acids is 1. The van der Waals surface area contributed by atoms with Crippen LogP contribution in [-0.2, 0) is 11.3 Å². The number of guanidine groups is 1. The molecule has 0 aliphatic carbocycles. The third-order valence-electron chi connectivity index (χ3n) is 3.47. The van der Waals surface area contributed by atoms with Gasteiger partial charge in [0.15, 0.2) is 5.96 Å². The van der Waals surface area contributed by atoms with Crippen LogP contribution in [0.5, 0.6) is 5.75 Å². The van der Waals surface area contributed by atoms with Gasteiger partial charge in [-0.25, -0.2) is 9.38 Å². The molecule has 27 heavy (non-hydrogen) atoms. The van der Waals surface area contributed by atoms with Crippen LogP contribution in [0.2, 0.25) is 0 Å². The number of hydrogen-bond donors (Lipinski definition) is 3. The van der Waals surface area contributed by atoms with Crippen LogP contribution in [-0.4, -0.2) is 37.6 Å². The molecule has 1 amide bonds. The molecule has 1 unspecified atom stereocenters. The van der Waals surface area contributed by atoms with E-state index in [0.717, 1.165) is 0 Å². The lowest BCUT2D eigenvalue weighted by Gasteiger charge is -2.17. The first-order chi connectivity index (χ1) is 13.1. The van der Waals surface area contributed by atoms with Crippen molar-refractivity contribution in [1.82, 2.24) is 16.0 Å². The second-order valence-corrected chi connectivity index (χ2v) is 5.81. The standard InChI is InChI=1S/C19H25FN4O3/c1-3-21-19(24-13-18(25)22-12-17-5-4-10-26-17)23-11-14(2)27-16-8-6-15(20)7-9-16/h4-10,14H,3,11-13H2,1-2H3,(H,22,25)(H2,21,23,24). The summed E-state index contributed by atoms with van der Waals surface area (Å²) in [5.74, 6) is 1.27. The van der Waals surface area contributed by atoms with Gasteiger partial charge in [-0.15, -0.1) is 0 Å². The Morgan fingerprint density at radius 1 is 1.22 bits per heavy atom. The van der Waals surface area contributed by atoms with Crippen molar-refractivity contribution in [2.45, 2.75) is 26.5 Å². The lowest BCUT2D eigenvalue weighted by Crippen LogP contribution is -2.42. The number of halogens is 1. The van der Waals surface area contributed by atoms with Crippen LogP contribution in [0.15, 0.2) is 52.1 Å². The zero-order chi connectivity index (χ0) is 19.5. The van der Waals surface area contributed by atoms with E-state index in [1.165, 1.54) is 12.1 Å². The van der Waals surface area contributed by atoms with Crippen LogP contribution in [0.25, 0.3) is 0 Å². The van der Waals surface area contributed by atoms with Crippen LogP contribution >= 0.6 is 0 Å². The zero-order valence-corrected chi connectivity index (χ0v) is 15.5. The quantitative estimate of drug-likeness (QED) is 0.461. The third-order valence-corrected chi connectivity index (χ3v) is 3.47. The highest BCUT2D eigenvalue weighted by molar-refractivity contribution is 5.84. The molecular weight excluding hydrogens is 351 g/mol. The van der Waals surface area contributed by atoms with Gasteiger partial charge < -0.3 is 25.1 Å². The first-order valence-electron chi connectivity index (χ1n) is 8.80. The Morgan fingerprint density at radius 3 is 2.67 bits per heavy atom. The van der Waals surface area contributed by atoms with Gasteiger partial charge in [0.05, 0.1) is 19.4 Å². The normalized spacial score (nSPS) is 12.3. The Balaban J connectivity index is 1.76. The molecule has 0 fully saturated rings. The summed E-state index contributed by atoms with van der Waals surface area (Å²) >= 11 is 0. The molecule has 0 aliphatic rings. The summed E-state index contributed by atoms with van der Waals surface area (Å²) in [5.41, 5.74) is 0. The minimum absolute atomic E-state index is 0.0107. The fourth-order valence-corrected chi connectivity index (χ4v) is 2.17. The molecule has 146 valence electrons. The number of nitrogens with one attached hydrogen (secondary N) is 3. The minimum atomic E-state index is -0.306. The van der Waals surface area contributed by atoms with Crippen LogP contribution in [0.1, 0.15) is 19.6 Å². The monoisotopic (exact) mass is 376 g/mol. The summed E-state index contributed by atoms with van der Waals surface area (Å²) in [6, 6.07) is 9.41. The summed E-state index contributed by atoms with van der Waals surface area (Å²) in [6.07, 6.45) is 1.38. The topological polar surface area (TPSA) is 87.9 Å². The number of aliphatic imine (C=N–C) groups is 1. The Hall–Kier alpha value is -3.03. The highest BCUT2D eigenvalue weighted by Crippen LogP contribution is 2.12. The molecule has 1 atom stereocenters. The largest absolute Gasteiger partial charge is 0.489 e. The van der Waals surface area contributed by atoms with E-state index in [4.69, 9.17) is 9.15 Å². The van der Waals surface area contributed by atoms with Crippen molar-refractivity contribution in [3.63, 3.8) is 0 Å². The number of ether oxygens (including phenoxy) is 1. The summed E-state index contributed by atoms with van der Waals surface area (Å²) in [4.78, 5) is 16.1. The highest BCUT2D eigenvalue weighted by Gasteiger charge is 2.07. The number of hydrogen-bond acceptors (Lipinski definition) is 4. The van der Waals surface area contributed by atoms with Crippen molar-refractivity contribution in [2.24, 2.45) is 4.99 Å². The van der Waals surface area contributed by atoms with Gasteiger partial charge in [-0.3, -0.25) is 4.79 Å². The molecule has 0 bridgehead atoms. The Kier molecular flexibility index (Phi) is 8.15. The predicted molar refractivity (Wildman–Crippen MR) is 101 cm³/mol. The average molecular weight is 376 g/mol. The molecule has 0 saturated carbocycles. The van der Waals surface area contributed by atoms with E-state index >= 15 is 0 Å². The van der Waals surface area contributed by atoms with E-state index in [-0.39, 0.29) is 24.4 Å². The molecule has 8 heteroatoms. The molecule has 1 aromatic heterocycles. The lowest BCUT2D eigenvalue weighted by molar-refractivity contribution is -0.119. The maximum absolute atomic E-state index is 12.9. The summed E-state index contributed by atoms with van der Waals surface area (Å²) < 4.78 is 23.8. The van der Waals surface area contributed by atoms with Gasteiger partial charge >= 0.3 is 0 Å². The predicted octanol–water partition coefficient (Wildman–Crippen LogP) is 2.06. The number of carbonyl (C=O) groups is 1. The molecule has 0 spiro atoms. The molecular formula is C19H25FN4O3. The van der Waals surface area contributed by atoms with Gasteiger partial charge in [0.1, 0.15) is 30.0 Å². The average Bonchev–Trinajstić information content (AvgIpc) is 3.18. The summed E-state index contributed by atoms with van der Waals surface area (Å²) in [5, 5.41) is 8.92. The van der Waals surface area contributed by atoms with E-state index in [1.54, 1.807) is 30.5 Å². The number of rotatable bonds is 9. The fourth-order valence-electron chi connectivity index (χ4n) is 2.17. The van der Waals surface area contributed by atoms with Crippen molar-refractivity contribution in [3.05, 3.63) is 54.2 Å². The number of amides is 1. The maximum atomic E-state index is 12.9. The van der Waals surface area contributed by atoms with Crippen LogP contribution in [0.4, 0.5) is 4.39 Å². The second-order valence-electron chi connectivity index (χ2n) is 5.81. The van der Waals surface area contributed by atoms with E-state index in [0.29, 0.717) is 37.1 Å². The van der Waals surface area contributed by atoms with Gasteiger partial charge in [0, 0.05) is 6.54 Å². The van der Waals surface area contributed by atoms with E-state index in [1.807, 2.05) is 13.8 Å². The molecule has 0 aliphatic heterocycles. The van der Waals surface area contributed by atoms with Crippen LogP contribution in [0, 0.1) is 5.82 Å². The first-order valence-corrected chi connectivity index (χ1v) is 8.80. The molecule has 0 radical (unpaired) electrons. The number of furan rings is 1. The summed E-state index contributed by atoms with van der Waals surface area (Å²) in [6.45, 7) is 5.27. The lowest BCUT2D eigenvalue weighted by atomic mass is 10.3. The molecule has 7 nitrogen and oxygen atoms in total. The van der Waals surface area contributed by atoms with Crippen molar-refractivity contribution >= 4 is 11.9 Å².